The summed E-state index contributed by atoms with van der Waals surface area (Å²) in [5.74, 6) is 1.92. The quantitative estimate of drug-likeness (QED) is 0.807. The Balaban J connectivity index is 2.24. The van der Waals surface area contributed by atoms with Gasteiger partial charge in [0.25, 0.3) is 0 Å². The van der Waals surface area contributed by atoms with Crippen molar-refractivity contribution in [2.45, 2.75) is 39.0 Å². The van der Waals surface area contributed by atoms with E-state index >= 15 is 0 Å². The summed E-state index contributed by atoms with van der Waals surface area (Å²) in [5.41, 5.74) is 1.08. The van der Waals surface area contributed by atoms with Gasteiger partial charge in [0.1, 0.15) is 0 Å². The third-order valence-electron chi connectivity index (χ3n) is 3.22. The number of hydrogen-bond donors (Lipinski definition) is 0. The molecule has 4 nitrogen and oxygen atoms in total. The van der Waals surface area contributed by atoms with Crippen LogP contribution in [-0.2, 0) is 0 Å². The number of hydrogen-bond acceptors (Lipinski definition) is 4. The standard InChI is InChI=1S/C13H21N3O/c1-10(2)11-9-14-13(15-12(11)17-3)16-7-5-4-6-8-16/h9-10H,4-8H2,1-3H3. The Kier molecular flexibility index (Phi) is 3.82. The molecule has 94 valence electrons. The molecule has 1 aromatic heterocycles. The van der Waals surface area contributed by atoms with Gasteiger partial charge in [0.2, 0.25) is 11.8 Å². The summed E-state index contributed by atoms with van der Waals surface area (Å²) in [5, 5.41) is 0. The largest absolute Gasteiger partial charge is 0.481 e. The van der Waals surface area contributed by atoms with Crippen LogP contribution in [0.1, 0.15) is 44.6 Å². The lowest BCUT2D eigenvalue weighted by Crippen LogP contribution is -2.31. The highest BCUT2D eigenvalue weighted by atomic mass is 16.5. The van der Waals surface area contributed by atoms with Crippen LogP contribution >= 0.6 is 0 Å². The van der Waals surface area contributed by atoms with Crippen molar-refractivity contribution in [2.75, 3.05) is 25.1 Å². The molecule has 0 aromatic carbocycles. The van der Waals surface area contributed by atoms with Crippen molar-refractivity contribution in [3.05, 3.63) is 11.8 Å². The summed E-state index contributed by atoms with van der Waals surface area (Å²) in [6.07, 6.45) is 5.69. The Bertz CT molecular complexity index is 373. The maximum Gasteiger partial charge on any atom is 0.228 e. The minimum absolute atomic E-state index is 0.389. The second-order valence-corrected chi connectivity index (χ2v) is 4.84. The Morgan fingerprint density at radius 3 is 2.53 bits per heavy atom. The first-order valence-corrected chi connectivity index (χ1v) is 6.38. The molecule has 0 spiro atoms. The number of rotatable bonds is 3. The van der Waals surface area contributed by atoms with E-state index in [1.807, 2.05) is 6.20 Å². The first-order valence-electron chi connectivity index (χ1n) is 6.38. The van der Waals surface area contributed by atoms with Gasteiger partial charge in [-0.15, -0.1) is 0 Å². The van der Waals surface area contributed by atoms with Crippen molar-refractivity contribution >= 4 is 5.95 Å². The van der Waals surface area contributed by atoms with Gasteiger partial charge in [-0.05, 0) is 25.2 Å². The highest BCUT2D eigenvalue weighted by Crippen LogP contribution is 2.26. The fraction of sp³-hybridized carbons (Fsp3) is 0.692. The van der Waals surface area contributed by atoms with Crippen LogP contribution in [0, 0.1) is 0 Å². The predicted octanol–water partition coefficient (Wildman–Crippen LogP) is 2.60. The zero-order valence-corrected chi connectivity index (χ0v) is 10.9. The number of nitrogens with zero attached hydrogens (tertiary/aromatic N) is 3. The first kappa shape index (κ1) is 12.1. The van der Waals surface area contributed by atoms with Gasteiger partial charge in [-0.25, -0.2) is 4.98 Å². The molecule has 1 aliphatic rings. The average molecular weight is 235 g/mol. The fourth-order valence-electron chi connectivity index (χ4n) is 2.17. The van der Waals surface area contributed by atoms with Crippen molar-refractivity contribution in [1.29, 1.82) is 0 Å². The molecule has 17 heavy (non-hydrogen) atoms. The van der Waals surface area contributed by atoms with Crippen molar-refractivity contribution in [3.63, 3.8) is 0 Å². The highest BCUT2D eigenvalue weighted by Gasteiger charge is 2.16. The molecule has 0 bridgehead atoms. The lowest BCUT2D eigenvalue weighted by atomic mass is 10.1. The molecule has 0 aliphatic carbocycles. The number of piperidine rings is 1. The number of ether oxygens (including phenoxy) is 1. The second-order valence-electron chi connectivity index (χ2n) is 4.84. The van der Waals surface area contributed by atoms with Gasteiger partial charge in [0.15, 0.2) is 0 Å². The molecular weight excluding hydrogens is 214 g/mol. The zero-order chi connectivity index (χ0) is 12.3. The molecule has 0 N–H and O–H groups in total. The molecule has 1 aromatic rings. The van der Waals surface area contributed by atoms with Gasteiger partial charge in [0.05, 0.1) is 7.11 Å². The topological polar surface area (TPSA) is 38.2 Å². The normalized spacial score (nSPS) is 16.4. The minimum atomic E-state index is 0.389. The van der Waals surface area contributed by atoms with E-state index in [9.17, 15) is 0 Å². The van der Waals surface area contributed by atoms with Crippen LogP contribution < -0.4 is 9.64 Å². The smallest absolute Gasteiger partial charge is 0.228 e. The van der Waals surface area contributed by atoms with Crippen molar-refractivity contribution in [2.24, 2.45) is 0 Å². The van der Waals surface area contributed by atoms with Gasteiger partial charge >= 0.3 is 0 Å². The van der Waals surface area contributed by atoms with Crippen molar-refractivity contribution in [1.82, 2.24) is 9.97 Å². The molecule has 2 rings (SSSR count). The summed E-state index contributed by atoms with van der Waals surface area (Å²) in [6, 6.07) is 0. The van der Waals surface area contributed by atoms with Gasteiger partial charge < -0.3 is 9.64 Å². The predicted molar refractivity (Wildman–Crippen MR) is 68.7 cm³/mol. The number of aromatic nitrogens is 2. The van der Waals surface area contributed by atoms with E-state index < -0.39 is 0 Å². The maximum absolute atomic E-state index is 5.36. The molecule has 0 atom stereocenters. The second kappa shape index (κ2) is 5.34. The lowest BCUT2D eigenvalue weighted by Gasteiger charge is -2.27. The van der Waals surface area contributed by atoms with Crippen molar-refractivity contribution in [3.8, 4) is 5.88 Å². The van der Waals surface area contributed by atoms with Crippen LogP contribution in [0.4, 0.5) is 5.95 Å². The van der Waals surface area contributed by atoms with Crippen LogP contribution in [0.25, 0.3) is 0 Å². The SMILES string of the molecule is COc1nc(N2CCCCC2)ncc1C(C)C. The van der Waals surface area contributed by atoms with Gasteiger partial charge in [-0.1, -0.05) is 13.8 Å². The zero-order valence-electron chi connectivity index (χ0n) is 10.9. The molecule has 0 saturated carbocycles. The van der Waals surface area contributed by atoms with E-state index in [1.165, 1.54) is 19.3 Å². The van der Waals surface area contributed by atoms with Crippen LogP contribution in [0.2, 0.25) is 0 Å². The molecule has 0 amide bonds. The van der Waals surface area contributed by atoms with E-state index in [0.717, 1.165) is 30.5 Å². The Hall–Kier alpha value is -1.32. The van der Waals surface area contributed by atoms with Crippen LogP contribution in [0.3, 0.4) is 0 Å². The highest BCUT2D eigenvalue weighted by molar-refractivity contribution is 5.37. The third-order valence-corrected chi connectivity index (χ3v) is 3.22. The van der Waals surface area contributed by atoms with Crippen molar-refractivity contribution < 1.29 is 4.74 Å². The third kappa shape index (κ3) is 2.68. The summed E-state index contributed by atoms with van der Waals surface area (Å²) in [7, 11) is 1.67. The molecule has 2 heterocycles. The number of anilines is 1. The van der Waals surface area contributed by atoms with E-state index in [4.69, 9.17) is 4.74 Å². The first-order chi connectivity index (χ1) is 8.22. The fourth-order valence-corrected chi connectivity index (χ4v) is 2.17. The summed E-state index contributed by atoms with van der Waals surface area (Å²) < 4.78 is 5.36. The average Bonchev–Trinajstić information content (AvgIpc) is 2.39. The molecule has 4 heteroatoms. The van der Waals surface area contributed by atoms with Crippen LogP contribution in [0.15, 0.2) is 6.20 Å². The Morgan fingerprint density at radius 2 is 1.94 bits per heavy atom. The molecule has 0 unspecified atom stereocenters. The van der Waals surface area contributed by atoms with E-state index in [0.29, 0.717) is 5.92 Å². The number of methoxy groups -OCH3 is 1. The minimum Gasteiger partial charge on any atom is -0.481 e. The lowest BCUT2D eigenvalue weighted by molar-refractivity contribution is 0.388. The molecule has 0 radical (unpaired) electrons. The Labute approximate surface area is 103 Å². The maximum atomic E-state index is 5.36. The molecule has 1 aliphatic heterocycles. The molecular formula is C13H21N3O. The summed E-state index contributed by atoms with van der Waals surface area (Å²) >= 11 is 0. The molecule has 1 fully saturated rings. The van der Waals surface area contributed by atoms with Gasteiger partial charge in [0, 0.05) is 24.8 Å². The van der Waals surface area contributed by atoms with E-state index in [-0.39, 0.29) is 0 Å². The molecule has 1 saturated heterocycles. The van der Waals surface area contributed by atoms with E-state index in [1.54, 1.807) is 7.11 Å². The van der Waals surface area contributed by atoms with Crippen LogP contribution in [0.5, 0.6) is 5.88 Å². The van der Waals surface area contributed by atoms with E-state index in [2.05, 4.69) is 28.7 Å². The summed E-state index contributed by atoms with van der Waals surface area (Å²) in [4.78, 5) is 11.2. The Morgan fingerprint density at radius 1 is 1.24 bits per heavy atom. The van der Waals surface area contributed by atoms with Crippen LogP contribution in [-0.4, -0.2) is 30.2 Å². The summed E-state index contributed by atoms with van der Waals surface area (Å²) in [6.45, 7) is 6.37. The van der Waals surface area contributed by atoms with Gasteiger partial charge in [-0.3, -0.25) is 0 Å². The monoisotopic (exact) mass is 235 g/mol. The van der Waals surface area contributed by atoms with Gasteiger partial charge in [-0.2, -0.15) is 4.98 Å².